The van der Waals surface area contributed by atoms with E-state index < -0.39 is 0 Å². The van der Waals surface area contributed by atoms with Crippen LogP contribution >= 0.6 is 11.3 Å². The van der Waals surface area contributed by atoms with Gasteiger partial charge in [0.2, 0.25) is 5.78 Å². The standard InChI is InChI=1S/C24H28N4OS/c1-19-17-22(20(2)28(19)24-25-10-16-30-24)23(29)18-27-14-12-26(13-15-27)11-6-9-21-7-4-3-5-8-21/h3-10,16-17H,11-15,18H2,1-2H3/p+2/b9-6+. The number of carbonyl (C=O) groups excluding carboxylic acids is 1. The summed E-state index contributed by atoms with van der Waals surface area (Å²) in [6.45, 7) is 10.0. The van der Waals surface area contributed by atoms with E-state index in [9.17, 15) is 4.79 Å². The molecule has 2 N–H and O–H groups in total. The molecule has 156 valence electrons. The Labute approximate surface area is 182 Å². The second kappa shape index (κ2) is 9.51. The number of thiazole rings is 1. The van der Waals surface area contributed by atoms with Crippen molar-refractivity contribution in [2.45, 2.75) is 13.8 Å². The number of ketones is 1. The van der Waals surface area contributed by atoms with Gasteiger partial charge in [-0.2, -0.15) is 0 Å². The lowest BCUT2D eigenvalue weighted by molar-refractivity contribution is -1.01. The van der Waals surface area contributed by atoms with Crippen LogP contribution in [0.15, 0.2) is 54.1 Å². The van der Waals surface area contributed by atoms with Crippen molar-refractivity contribution in [1.29, 1.82) is 0 Å². The lowest BCUT2D eigenvalue weighted by Gasteiger charge is -2.28. The molecule has 1 aliphatic rings. The molecule has 1 fully saturated rings. The predicted molar refractivity (Wildman–Crippen MR) is 122 cm³/mol. The molecule has 0 amide bonds. The summed E-state index contributed by atoms with van der Waals surface area (Å²) in [5, 5.41) is 2.90. The second-order valence-corrected chi connectivity index (χ2v) is 8.93. The molecule has 1 saturated heterocycles. The van der Waals surface area contributed by atoms with Crippen LogP contribution in [0.4, 0.5) is 0 Å². The van der Waals surface area contributed by atoms with E-state index in [4.69, 9.17) is 0 Å². The van der Waals surface area contributed by atoms with E-state index in [-0.39, 0.29) is 5.78 Å². The van der Waals surface area contributed by atoms with Gasteiger partial charge < -0.3 is 9.80 Å². The second-order valence-electron chi connectivity index (χ2n) is 8.05. The van der Waals surface area contributed by atoms with Crippen LogP contribution in [0, 0.1) is 13.8 Å². The molecule has 4 rings (SSSR count). The van der Waals surface area contributed by atoms with Gasteiger partial charge in [0.05, 0.1) is 6.54 Å². The molecule has 6 heteroatoms. The summed E-state index contributed by atoms with van der Waals surface area (Å²) in [4.78, 5) is 20.4. The highest BCUT2D eigenvalue weighted by atomic mass is 32.1. The summed E-state index contributed by atoms with van der Waals surface area (Å²) in [6.07, 6.45) is 6.28. The Balaban J connectivity index is 1.30. The lowest BCUT2D eigenvalue weighted by Crippen LogP contribution is -3.28. The molecule has 0 radical (unpaired) electrons. The summed E-state index contributed by atoms with van der Waals surface area (Å²) in [6, 6.07) is 12.5. The molecule has 0 bridgehead atoms. The first-order valence-electron chi connectivity index (χ1n) is 10.6. The molecule has 5 nitrogen and oxygen atoms in total. The lowest BCUT2D eigenvalue weighted by atomic mass is 10.1. The molecule has 0 spiro atoms. The van der Waals surface area contributed by atoms with Gasteiger partial charge in [-0.05, 0) is 31.6 Å². The fourth-order valence-corrected chi connectivity index (χ4v) is 5.00. The van der Waals surface area contributed by atoms with Crippen molar-refractivity contribution in [3.63, 3.8) is 0 Å². The molecule has 0 saturated carbocycles. The van der Waals surface area contributed by atoms with Crippen LogP contribution in [0.3, 0.4) is 0 Å². The molecule has 2 aromatic heterocycles. The third-order valence-electron chi connectivity index (χ3n) is 5.93. The van der Waals surface area contributed by atoms with E-state index in [0.29, 0.717) is 6.54 Å². The van der Waals surface area contributed by atoms with E-state index in [1.165, 1.54) is 10.5 Å². The number of nitrogens with one attached hydrogen (secondary N) is 2. The molecule has 0 atom stereocenters. The number of rotatable bonds is 7. The summed E-state index contributed by atoms with van der Waals surface area (Å²) in [5.74, 6) is 0.244. The molecule has 0 unspecified atom stereocenters. The average Bonchev–Trinajstić information content (AvgIpc) is 3.37. The van der Waals surface area contributed by atoms with E-state index >= 15 is 0 Å². The zero-order chi connectivity index (χ0) is 20.9. The van der Waals surface area contributed by atoms with Crippen molar-refractivity contribution in [2.24, 2.45) is 0 Å². The minimum Gasteiger partial charge on any atom is -0.322 e. The summed E-state index contributed by atoms with van der Waals surface area (Å²) >= 11 is 1.60. The largest absolute Gasteiger partial charge is 0.322 e. The van der Waals surface area contributed by atoms with Gasteiger partial charge >= 0.3 is 0 Å². The Morgan fingerprint density at radius 3 is 2.57 bits per heavy atom. The number of benzene rings is 1. The highest BCUT2D eigenvalue weighted by Crippen LogP contribution is 2.22. The van der Waals surface area contributed by atoms with Crippen molar-refractivity contribution in [2.75, 3.05) is 39.3 Å². The third kappa shape index (κ3) is 4.78. The van der Waals surface area contributed by atoms with Gasteiger partial charge in [0.25, 0.3) is 0 Å². The first kappa shape index (κ1) is 20.7. The first-order valence-corrected chi connectivity index (χ1v) is 11.5. The van der Waals surface area contributed by atoms with Crippen molar-refractivity contribution in [1.82, 2.24) is 9.55 Å². The molecule has 3 aromatic rings. The predicted octanol–water partition coefficient (Wildman–Crippen LogP) is 1.23. The van der Waals surface area contributed by atoms with Gasteiger partial charge in [-0.1, -0.05) is 36.4 Å². The van der Waals surface area contributed by atoms with Gasteiger partial charge in [-0.15, -0.1) is 11.3 Å². The maximum Gasteiger partial charge on any atom is 0.218 e. The maximum absolute atomic E-state index is 13.0. The Morgan fingerprint density at radius 1 is 1.13 bits per heavy atom. The van der Waals surface area contributed by atoms with Crippen LogP contribution < -0.4 is 9.80 Å². The number of hydrogen-bond acceptors (Lipinski definition) is 3. The Kier molecular flexibility index (Phi) is 6.57. The molecule has 0 aliphatic carbocycles. The van der Waals surface area contributed by atoms with Crippen LogP contribution in [0.1, 0.15) is 27.3 Å². The van der Waals surface area contributed by atoms with Gasteiger partial charge in [-0.3, -0.25) is 9.36 Å². The number of quaternary nitrogens is 2. The minimum atomic E-state index is 0.244. The third-order valence-corrected chi connectivity index (χ3v) is 6.69. The van der Waals surface area contributed by atoms with Crippen molar-refractivity contribution in [3.8, 4) is 5.13 Å². The molecule has 1 aliphatic heterocycles. The highest BCUT2D eigenvalue weighted by Gasteiger charge is 2.26. The zero-order valence-corrected chi connectivity index (χ0v) is 18.5. The van der Waals surface area contributed by atoms with Gasteiger partial charge in [0, 0.05) is 28.5 Å². The Morgan fingerprint density at radius 2 is 1.87 bits per heavy atom. The fraction of sp³-hybridized carbons (Fsp3) is 0.333. The molecular formula is C24H30N4OS+2. The summed E-state index contributed by atoms with van der Waals surface area (Å²) < 4.78 is 2.09. The first-order chi connectivity index (χ1) is 14.6. The van der Waals surface area contributed by atoms with E-state index in [1.54, 1.807) is 22.4 Å². The van der Waals surface area contributed by atoms with Crippen molar-refractivity contribution < 1.29 is 14.6 Å². The van der Waals surface area contributed by atoms with Gasteiger partial charge in [0.1, 0.15) is 32.7 Å². The number of piperazine rings is 1. The van der Waals surface area contributed by atoms with Gasteiger partial charge in [-0.25, -0.2) is 4.98 Å². The number of aryl methyl sites for hydroxylation is 1. The number of nitrogens with zero attached hydrogens (tertiary/aromatic N) is 2. The number of Topliss-reactive ketones (excluding diaryl/α,β-unsaturated/α-hetero) is 1. The fourth-order valence-electron chi connectivity index (χ4n) is 4.25. The average molecular weight is 423 g/mol. The molecule has 3 heterocycles. The number of carbonyl (C=O) groups is 1. The number of hydrogen-bond donors (Lipinski definition) is 2. The topological polar surface area (TPSA) is 43.8 Å². The summed E-state index contributed by atoms with van der Waals surface area (Å²) in [7, 11) is 0. The van der Waals surface area contributed by atoms with E-state index in [1.807, 2.05) is 31.4 Å². The molecule has 30 heavy (non-hydrogen) atoms. The molecular weight excluding hydrogens is 392 g/mol. The van der Waals surface area contributed by atoms with Gasteiger partial charge in [0.15, 0.2) is 5.13 Å². The normalized spacial score (nSPS) is 19.4. The summed E-state index contributed by atoms with van der Waals surface area (Å²) in [5.41, 5.74) is 4.17. The van der Waals surface area contributed by atoms with Crippen LogP contribution in [0.5, 0.6) is 0 Å². The molecule has 1 aromatic carbocycles. The Bertz CT molecular complexity index is 1000. The smallest absolute Gasteiger partial charge is 0.218 e. The van der Waals surface area contributed by atoms with E-state index in [0.717, 1.165) is 54.8 Å². The van der Waals surface area contributed by atoms with Crippen LogP contribution in [0.2, 0.25) is 0 Å². The quantitative estimate of drug-likeness (QED) is 0.563. The monoisotopic (exact) mass is 422 g/mol. The van der Waals surface area contributed by atoms with Crippen molar-refractivity contribution >= 4 is 23.2 Å². The minimum absolute atomic E-state index is 0.244. The Hall–Kier alpha value is -2.54. The van der Waals surface area contributed by atoms with Crippen molar-refractivity contribution in [3.05, 3.63) is 76.6 Å². The van der Waals surface area contributed by atoms with Crippen LogP contribution in [0.25, 0.3) is 11.2 Å². The maximum atomic E-state index is 13.0. The zero-order valence-electron chi connectivity index (χ0n) is 17.7. The van der Waals surface area contributed by atoms with Crippen LogP contribution in [-0.4, -0.2) is 54.6 Å². The SMILES string of the molecule is Cc1cc(C(=O)C[NH+]2CC[NH+](C/C=C/c3ccccc3)CC2)c(C)n1-c1nccs1. The number of aromatic nitrogens is 2. The highest BCUT2D eigenvalue weighted by molar-refractivity contribution is 7.12. The van der Waals surface area contributed by atoms with Crippen LogP contribution in [-0.2, 0) is 0 Å². The van der Waals surface area contributed by atoms with E-state index in [2.05, 4.69) is 46.0 Å².